The molecule has 21 heavy (non-hydrogen) atoms. The van der Waals surface area contributed by atoms with E-state index in [1.165, 1.54) is 11.1 Å². The molecule has 0 fully saturated rings. The lowest BCUT2D eigenvalue weighted by Crippen LogP contribution is -2.22. The second kappa shape index (κ2) is 6.23. The molecule has 2 aromatic carbocycles. The molecule has 0 amide bonds. The molecule has 108 valence electrons. The molecule has 0 aromatic heterocycles. The molecular weight excluding hydrogens is 261 g/mol. The van der Waals surface area contributed by atoms with Crippen molar-refractivity contribution in [3.63, 3.8) is 0 Å². The Hall–Kier alpha value is -1.93. The molecule has 0 unspecified atom stereocenters. The highest BCUT2D eigenvalue weighted by Gasteiger charge is 2.19. The molecule has 0 saturated heterocycles. The highest BCUT2D eigenvalue weighted by atomic mass is 19.1. The van der Waals surface area contributed by atoms with Crippen LogP contribution in [0, 0.1) is 0 Å². The van der Waals surface area contributed by atoms with Gasteiger partial charge < -0.3 is 0 Å². The van der Waals surface area contributed by atoms with E-state index in [1.807, 2.05) is 43.4 Å². The Kier molecular flexibility index (Phi) is 4.16. The third kappa shape index (κ3) is 3.22. The van der Waals surface area contributed by atoms with E-state index in [0.29, 0.717) is 13.0 Å². The molecule has 2 heteroatoms. The fourth-order valence-corrected chi connectivity index (χ4v) is 2.97. The second-order valence-corrected chi connectivity index (χ2v) is 5.70. The number of hydrogen-bond donors (Lipinski definition) is 0. The summed E-state index contributed by atoms with van der Waals surface area (Å²) in [4.78, 5) is 2.17. The summed E-state index contributed by atoms with van der Waals surface area (Å²) in [6.45, 7) is 1.48. The van der Waals surface area contributed by atoms with Crippen LogP contribution in [0.2, 0.25) is 0 Å². The Labute approximate surface area is 125 Å². The summed E-state index contributed by atoms with van der Waals surface area (Å²) in [6, 6.07) is 18.5. The summed E-state index contributed by atoms with van der Waals surface area (Å²) in [7, 11) is 2.05. The topological polar surface area (TPSA) is 3.24 Å². The van der Waals surface area contributed by atoms with E-state index in [0.717, 1.165) is 24.1 Å². The van der Waals surface area contributed by atoms with Gasteiger partial charge in [0.25, 0.3) is 0 Å². The maximum absolute atomic E-state index is 14.3. The minimum absolute atomic E-state index is 0.0496. The quantitative estimate of drug-likeness (QED) is 0.800. The molecule has 0 aliphatic heterocycles. The predicted molar refractivity (Wildman–Crippen MR) is 85.6 cm³/mol. The van der Waals surface area contributed by atoms with Gasteiger partial charge in [-0.1, -0.05) is 54.6 Å². The highest BCUT2D eigenvalue weighted by molar-refractivity contribution is 5.73. The molecule has 0 spiro atoms. The summed E-state index contributed by atoms with van der Waals surface area (Å²) in [5, 5.41) is 0. The van der Waals surface area contributed by atoms with Gasteiger partial charge in [-0.3, -0.25) is 4.90 Å². The molecule has 1 nitrogen and oxygen atoms in total. The lowest BCUT2D eigenvalue weighted by atomic mass is 9.90. The predicted octanol–water partition coefficient (Wildman–Crippen LogP) is 4.45. The first-order valence-corrected chi connectivity index (χ1v) is 7.42. The van der Waals surface area contributed by atoms with Crippen molar-refractivity contribution in [3.8, 4) is 0 Å². The molecule has 0 bridgehead atoms. The fraction of sp³-hybridized carbons (Fsp3) is 0.263. The van der Waals surface area contributed by atoms with Gasteiger partial charge in [0.1, 0.15) is 5.83 Å². The number of aryl methyl sites for hydroxylation is 1. The largest absolute Gasteiger partial charge is 0.298 e. The van der Waals surface area contributed by atoms with Gasteiger partial charge in [0.05, 0.1) is 0 Å². The van der Waals surface area contributed by atoms with E-state index in [2.05, 4.69) is 23.1 Å². The molecule has 0 N–H and O–H groups in total. The number of fused-ring (bicyclic) bond motifs is 1. The lowest BCUT2D eigenvalue weighted by molar-refractivity contribution is 0.365. The van der Waals surface area contributed by atoms with Gasteiger partial charge in [0.15, 0.2) is 0 Å². The number of benzene rings is 2. The Morgan fingerprint density at radius 2 is 1.62 bits per heavy atom. The number of hydrogen-bond acceptors (Lipinski definition) is 1. The Morgan fingerprint density at radius 1 is 0.905 bits per heavy atom. The standard InChI is InChI=1S/C19H20FN/c1-21(13-15-7-3-2-4-8-15)14-18-17-10-6-5-9-16(17)11-12-19(18)20/h2-10H,11-14H2,1H3. The van der Waals surface area contributed by atoms with E-state index in [1.54, 1.807) is 0 Å². The van der Waals surface area contributed by atoms with Gasteiger partial charge >= 0.3 is 0 Å². The molecule has 1 aliphatic rings. The molecular formula is C19H20FN. The number of likely N-dealkylation sites (N-methyl/N-ethyl adjacent to an activating group) is 1. The molecule has 0 radical (unpaired) electrons. The van der Waals surface area contributed by atoms with Crippen LogP contribution in [0.25, 0.3) is 5.57 Å². The van der Waals surface area contributed by atoms with Crippen LogP contribution in [-0.4, -0.2) is 18.5 Å². The lowest BCUT2D eigenvalue weighted by Gasteiger charge is -2.24. The first-order chi connectivity index (χ1) is 10.2. The molecule has 0 atom stereocenters. The van der Waals surface area contributed by atoms with E-state index in [9.17, 15) is 4.39 Å². The second-order valence-electron chi connectivity index (χ2n) is 5.70. The monoisotopic (exact) mass is 281 g/mol. The maximum atomic E-state index is 14.3. The van der Waals surface area contributed by atoms with Gasteiger partial charge in [0, 0.05) is 25.1 Å². The smallest absolute Gasteiger partial charge is 0.105 e. The number of rotatable bonds is 4. The van der Waals surface area contributed by atoms with E-state index in [-0.39, 0.29) is 5.83 Å². The van der Waals surface area contributed by atoms with Crippen LogP contribution in [0.4, 0.5) is 4.39 Å². The summed E-state index contributed by atoms with van der Waals surface area (Å²) in [5.41, 5.74) is 4.46. The Morgan fingerprint density at radius 3 is 2.43 bits per heavy atom. The van der Waals surface area contributed by atoms with Crippen molar-refractivity contribution in [3.05, 3.63) is 77.1 Å². The van der Waals surface area contributed by atoms with Gasteiger partial charge in [-0.2, -0.15) is 0 Å². The third-order valence-corrected chi connectivity index (χ3v) is 4.01. The van der Waals surface area contributed by atoms with Crippen molar-refractivity contribution in [1.82, 2.24) is 4.90 Å². The van der Waals surface area contributed by atoms with Gasteiger partial charge in [0.2, 0.25) is 0 Å². The Bertz CT molecular complexity index is 646. The van der Waals surface area contributed by atoms with Crippen LogP contribution < -0.4 is 0 Å². The zero-order valence-electron chi connectivity index (χ0n) is 12.3. The van der Waals surface area contributed by atoms with Crippen LogP contribution in [0.15, 0.2) is 60.4 Å². The SMILES string of the molecule is CN(CC1=C(F)CCc2ccccc21)Cc1ccccc1. The van der Waals surface area contributed by atoms with Crippen LogP contribution in [0.1, 0.15) is 23.1 Å². The van der Waals surface area contributed by atoms with Gasteiger partial charge in [-0.05, 0) is 30.2 Å². The zero-order valence-corrected chi connectivity index (χ0v) is 12.3. The first-order valence-electron chi connectivity index (χ1n) is 7.42. The molecule has 0 saturated carbocycles. The Balaban J connectivity index is 1.77. The first kappa shape index (κ1) is 14.0. The van der Waals surface area contributed by atoms with Crippen molar-refractivity contribution in [1.29, 1.82) is 0 Å². The zero-order chi connectivity index (χ0) is 14.7. The van der Waals surface area contributed by atoms with E-state index >= 15 is 0 Å². The van der Waals surface area contributed by atoms with Crippen LogP contribution in [-0.2, 0) is 13.0 Å². The average molecular weight is 281 g/mol. The van der Waals surface area contributed by atoms with Crippen molar-refractivity contribution in [2.75, 3.05) is 13.6 Å². The fourth-order valence-electron chi connectivity index (χ4n) is 2.97. The summed E-state index contributed by atoms with van der Waals surface area (Å²) in [5.74, 6) is 0.0496. The maximum Gasteiger partial charge on any atom is 0.105 e. The summed E-state index contributed by atoms with van der Waals surface area (Å²) < 4.78 is 14.3. The molecule has 3 rings (SSSR count). The number of nitrogens with zero attached hydrogens (tertiary/aromatic N) is 1. The van der Waals surface area contributed by atoms with Crippen molar-refractivity contribution in [2.45, 2.75) is 19.4 Å². The molecule has 2 aromatic rings. The number of allylic oxidation sites excluding steroid dienone is 1. The average Bonchev–Trinajstić information content (AvgIpc) is 2.51. The van der Waals surface area contributed by atoms with E-state index in [4.69, 9.17) is 0 Å². The van der Waals surface area contributed by atoms with Crippen LogP contribution >= 0.6 is 0 Å². The number of halogens is 1. The van der Waals surface area contributed by atoms with Crippen molar-refractivity contribution >= 4 is 5.57 Å². The van der Waals surface area contributed by atoms with E-state index < -0.39 is 0 Å². The van der Waals surface area contributed by atoms with Crippen molar-refractivity contribution < 1.29 is 4.39 Å². The highest BCUT2D eigenvalue weighted by Crippen LogP contribution is 2.32. The molecule has 0 heterocycles. The normalized spacial score (nSPS) is 14.4. The minimum atomic E-state index is 0.0496. The minimum Gasteiger partial charge on any atom is -0.298 e. The van der Waals surface area contributed by atoms with Crippen LogP contribution in [0.5, 0.6) is 0 Å². The summed E-state index contributed by atoms with van der Waals surface area (Å²) in [6.07, 6.45) is 1.35. The summed E-state index contributed by atoms with van der Waals surface area (Å²) >= 11 is 0. The third-order valence-electron chi connectivity index (χ3n) is 4.01. The van der Waals surface area contributed by atoms with Gasteiger partial charge in [-0.25, -0.2) is 4.39 Å². The van der Waals surface area contributed by atoms with Gasteiger partial charge in [-0.15, -0.1) is 0 Å². The molecule has 1 aliphatic carbocycles. The van der Waals surface area contributed by atoms with Crippen molar-refractivity contribution in [2.24, 2.45) is 0 Å². The van der Waals surface area contributed by atoms with Crippen LogP contribution in [0.3, 0.4) is 0 Å².